The molecule has 0 saturated carbocycles. The van der Waals surface area contributed by atoms with Crippen LogP contribution in [-0.2, 0) is 16.1 Å². The zero-order valence-corrected chi connectivity index (χ0v) is 16.3. The number of aliphatic hydroxyl groups excluding tert-OH is 1. The van der Waals surface area contributed by atoms with Gasteiger partial charge in [0, 0.05) is 0 Å². The van der Waals surface area contributed by atoms with Crippen molar-refractivity contribution in [2.45, 2.75) is 60.8 Å². The molecular formula is C17H11F15O3. The van der Waals surface area contributed by atoms with Crippen LogP contribution in [0.15, 0.2) is 30.3 Å². The van der Waals surface area contributed by atoms with Crippen molar-refractivity contribution in [1.29, 1.82) is 0 Å². The second-order valence-corrected chi connectivity index (χ2v) is 6.89. The number of carbonyl (C=O) groups is 1. The van der Waals surface area contributed by atoms with Crippen molar-refractivity contribution in [1.82, 2.24) is 0 Å². The minimum absolute atomic E-state index is 0.115. The van der Waals surface area contributed by atoms with Crippen molar-refractivity contribution in [3.05, 3.63) is 35.9 Å². The Kier molecular flexibility index (Phi) is 8.08. The van der Waals surface area contributed by atoms with E-state index >= 15 is 0 Å². The van der Waals surface area contributed by atoms with Crippen molar-refractivity contribution < 1.29 is 80.5 Å². The molecule has 18 heteroatoms. The molecule has 0 bridgehead atoms. The van der Waals surface area contributed by atoms with Crippen LogP contribution in [0.3, 0.4) is 0 Å². The molecule has 1 unspecified atom stereocenters. The molecule has 35 heavy (non-hydrogen) atoms. The second kappa shape index (κ2) is 9.24. The van der Waals surface area contributed by atoms with E-state index in [9.17, 15) is 75.8 Å². The van der Waals surface area contributed by atoms with Gasteiger partial charge in [0.25, 0.3) is 0 Å². The number of alkyl halides is 15. The lowest BCUT2D eigenvalue weighted by molar-refractivity contribution is -0.453. The molecule has 0 heterocycles. The Balaban J connectivity index is 3.22. The number of ether oxygens (including phenoxy) is 1. The zero-order chi connectivity index (χ0) is 27.9. The molecule has 0 aliphatic rings. The summed E-state index contributed by atoms with van der Waals surface area (Å²) in [4.78, 5) is 11.4. The Hall–Kier alpha value is -2.40. The van der Waals surface area contributed by atoms with Gasteiger partial charge in [-0.25, -0.2) is 4.79 Å². The van der Waals surface area contributed by atoms with E-state index in [0.29, 0.717) is 0 Å². The summed E-state index contributed by atoms with van der Waals surface area (Å²) in [5.41, 5.74) is 0.115. The Labute approximate surface area is 184 Å². The average Bonchev–Trinajstić information content (AvgIpc) is 2.70. The van der Waals surface area contributed by atoms with Crippen LogP contribution in [-0.4, -0.2) is 58.9 Å². The maximum atomic E-state index is 13.7. The maximum Gasteiger partial charge on any atom is 0.460 e. The van der Waals surface area contributed by atoms with Gasteiger partial charge < -0.3 is 9.84 Å². The molecule has 1 rings (SSSR count). The number of hydrogen-bond acceptors (Lipinski definition) is 3. The molecule has 202 valence electrons. The summed E-state index contributed by atoms with van der Waals surface area (Å²) >= 11 is 0. The first kappa shape index (κ1) is 30.6. The molecule has 1 aromatic carbocycles. The van der Waals surface area contributed by atoms with Gasteiger partial charge in [-0.05, 0) is 5.56 Å². The smallest absolute Gasteiger partial charge is 0.459 e. The van der Waals surface area contributed by atoms with Crippen LogP contribution >= 0.6 is 0 Å². The highest BCUT2D eigenvalue weighted by Gasteiger charge is 2.93. The Morgan fingerprint density at radius 1 is 0.686 bits per heavy atom. The molecule has 1 atom stereocenters. The fraction of sp³-hybridized carbons (Fsp3) is 0.588. The molecule has 1 aromatic rings. The summed E-state index contributed by atoms with van der Waals surface area (Å²) in [7, 11) is 0. The highest BCUT2D eigenvalue weighted by atomic mass is 19.4. The lowest BCUT2D eigenvalue weighted by atomic mass is 9.89. The van der Waals surface area contributed by atoms with Crippen LogP contribution < -0.4 is 0 Å². The van der Waals surface area contributed by atoms with Gasteiger partial charge in [-0.2, -0.15) is 65.9 Å². The standard InChI is InChI=1S/C17H11F15O3/c18-11(19,6-9(33)10(34)35-7-8-4-2-1-3-5-8)12(20,21)13(22,23)14(24,25)15(26,27)16(28,29)17(30,31)32/h1-5,9,33H,6-7H2. The average molecular weight is 548 g/mol. The summed E-state index contributed by atoms with van der Waals surface area (Å²) in [6.07, 6.45) is -14.4. The minimum atomic E-state index is -8.44. The van der Waals surface area contributed by atoms with Crippen molar-refractivity contribution in [2.75, 3.05) is 0 Å². The molecular weight excluding hydrogens is 537 g/mol. The van der Waals surface area contributed by atoms with Crippen molar-refractivity contribution in [3.8, 4) is 0 Å². The quantitative estimate of drug-likeness (QED) is 0.295. The molecule has 0 saturated heterocycles. The van der Waals surface area contributed by atoms with Gasteiger partial charge in [0.2, 0.25) is 0 Å². The number of hydrogen-bond donors (Lipinski definition) is 1. The molecule has 0 aliphatic carbocycles. The number of halogens is 15. The third-order valence-corrected chi connectivity index (χ3v) is 4.34. The molecule has 0 radical (unpaired) electrons. The summed E-state index contributed by atoms with van der Waals surface area (Å²) in [5, 5.41) is 9.22. The van der Waals surface area contributed by atoms with Gasteiger partial charge in [-0.15, -0.1) is 0 Å². The van der Waals surface area contributed by atoms with E-state index in [-0.39, 0.29) is 5.56 Å². The monoisotopic (exact) mass is 548 g/mol. The van der Waals surface area contributed by atoms with Crippen LogP contribution in [0.5, 0.6) is 0 Å². The number of benzene rings is 1. The maximum absolute atomic E-state index is 13.7. The third-order valence-electron chi connectivity index (χ3n) is 4.34. The van der Waals surface area contributed by atoms with Gasteiger partial charge >= 0.3 is 47.7 Å². The summed E-state index contributed by atoms with van der Waals surface area (Å²) in [6.45, 7) is -0.814. The Morgan fingerprint density at radius 3 is 1.51 bits per heavy atom. The third kappa shape index (κ3) is 5.11. The van der Waals surface area contributed by atoms with Crippen LogP contribution in [0, 0.1) is 0 Å². The SMILES string of the molecule is O=C(OCc1ccccc1)C(O)CC(F)(F)C(F)(F)C(F)(F)C(F)(F)C(F)(F)C(F)(F)C(F)(F)F. The summed E-state index contributed by atoms with van der Waals surface area (Å²) in [5.74, 6) is -50.0. The van der Waals surface area contributed by atoms with Gasteiger partial charge in [0.15, 0.2) is 6.10 Å². The molecule has 0 aliphatic heterocycles. The normalized spacial score (nSPS) is 15.7. The van der Waals surface area contributed by atoms with E-state index in [0.717, 1.165) is 0 Å². The van der Waals surface area contributed by atoms with Crippen LogP contribution in [0.25, 0.3) is 0 Å². The van der Waals surface area contributed by atoms with Gasteiger partial charge in [-0.1, -0.05) is 30.3 Å². The molecule has 3 nitrogen and oxygen atoms in total. The van der Waals surface area contributed by atoms with Crippen molar-refractivity contribution in [3.63, 3.8) is 0 Å². The van der Waals surface area contributed by atoms with Gasteiger partial charge in [-0.3, -0.25) is 0 Å². The van der Waals surface area contributed by atoms with E-state index in [2.05, 4.69) is 4.74 Å². The minimum Gasteiger partial charge on any atom is -0.459 e. The molecule has 0 aromatic heterocycles. The fourth-order valence-corrected chi connectivity index (χ4v) is 2.28. The fourth-order valence-electron chi connectivity index (χ4n) is 2.28. The van der Waals surface area contributed by atoms with Crippen LogP contribution in [0.2, 0.25) is 0 Å². The first-order valence-electron chi connectivity index (χ1n) is 8.60. The number of rotatable bonds is 10. The number of esters is 1. The number of carbonyl (C=O) groups excluding carboxylic acids is 1. The lowest BCUT2D eigenvalue weighted by Crippen LogP contribution is -2.72. The van der Waals surface area contributed by atoms with Crippen molar-refractivity contribution >= 4 is 5.97 Å². The molecule has 0 amide bonds. The summed E-state index contributed by atoms with van der Waals surface area (Å²) < 4.78 is 201. The van der Waals surface area contributed by atoms with Crippen molar-refractivity contribution in [2.24, 2.45) is 0 Å². The second-order valence-electron chi connectivity index (χ2n) is 6.89. The van der Waals surface area contributed by atoms with Crippen LogP contribution in [0.4, 0.5) is 65.9 Å². The predicted octanol–water partition coefficient (Wildman–Crippen LogP) is 5.85. The Bertz CT molecular complexity index is 880. The molecule has 1 N–H and O–H groups in total. The van der Waals surface area contributed by atoms with E-state index in [4.69, 9.17) is 0 Å². The van der Waals surface area contributed by atoms with Gasteiger partial charge in [0.05, 0.1) is 6.42 Å². The van der Waals surface area contributed by atoms with E-state index in [1.54, 1.807) is 0 Å². The van der Waals surface area contributed by atoms with E-state index in [1.165, 1.54) is 30.3 Å². The topological polar surface area (TPSA) is 46.5 Å². The number of aliphatic hydroxyl groups is 1. The summed E-state index contributed by atoms with van der Waals surface area (Å²) in [6, 6.07) is 6.67. The lowest BCUT2D eigenvalue weighted by Gasteiger charge is -2.41. The highest BCUT2D eigenvalue weighted by Crippen LogP contribution is 2.62. The predicted molar refractivity (Wildman–Crippen MR) is 82.6 cm³/mol. The first-order valence-corrected chi connectivity index (χ1v) is 8.60. The molecule has 0 fully saturated rings. The van der Waals surface area contributed by atoms with E-state index < -0.39 is 66.8 Å². The molecule has 0 spiro atoms. The first-order chi connectivity index (χ1) is 15.4. The highest BCUT2D eigenvalue weighted by molar-refractivity contribution is 5.74. The Morgan fingerprint density at radius 2 is 1.09 bits per heavy atom. The van der Waals surface area contributed by atoms with E-state index in [1.807, 2.05) is 0 Å². The van der Waals surface area contributed by atoms with Gasteiger partial charge in [0.1, 0.15) is 6.61 Å². The zero-order valence-electron chi connectivity index (χ0n) is 16.3. The largest absolute Gasteiger partial charge is 0.460 e. The van der Waals surface area contributed by atoms with Crippen LogP contribution in [0.1, 0.15) is 12.0 Å².